The van der Waals surface area contributed by atoms with Gasteiger partial charge in [-0.15, -0.1) is 0 Å². The van der Waals surface area contributed by atoms with Gasteiger partial charge in [0.1, 0.15) is 5.82 Å². The van der Waals surface area contributed by atoms with E-state index in [9.17, 15) is 22.4 Å². The maximum absolute atomic E-state index is 14.0. The van der Waals surface area contributed by atoms with Crippen LogP contribution >= 0.6 is 0 Å². The van der Waals surface area contributed by atoms with Gasteiger partial charge in [-0.2, -0.15) is 13.2 Å². The number of piperidine rings is 1. The molecule has 0 atom stereocenters. The van der Waals surface area contributed by atoms with E-state index in [2.05, 4.69) is 39.4 Å². The van der Waals surface area contributed by atoms with Gasteiger partial charge in [0, 0.05) is 63.1 Å². The predicted octanol–water partition coefficient (Wildman–Crippen LogP) is 7.76. The highest BCUT2D eigenvalue weighted by Crippen LogP contribution is 2.33. The first-order valence-corrected chi connectivity index (χ1v) is 14.0. The van der Waals surface area contributed by atoms with Crippen molar-refractivity contribution >= 4 is 28.2 Å². The number of benzene rings is 4. The van der Waals surface area contributed by atoms with Crippen LogP contribution in [0.3, 0.4) is 0 Å². The van der Waals surface area contributed by atoms with Crippen LogP contribution in [0, 0.1) is 5.82 Å². The molecular weight excluding hydrogens is 544 g/mol. The minimum atomic E-state index is -4.73. The number of fused-ring (bicyclic) bond motifs is 1. The van der Waals surface area contributed by atoms with Gasteiger partial charge in [0.2, 0.25) is 0 Å². The molecule has 0 saturated carbocycles. The predicted molar refractivity (Wildman–Crippen MR) is 159 cm³/mol. The molecule has 1 aliphatic rings. The Morgan fingerprint density at radius 2 is 1.57 bits per heavy atom. The zero-order chi connectivity index (χ0) is 29.9. The number of hydrogen-bond donors (Lipinski definition) is 1. The highest BCUT2D eigenvalue weighted by atomic mass is 19.4. The lowest BCUT2D eigenvalue weighted by molar-refractivity contribution is -0.137. The zero-order valence-electron chi connectivity index (χ0n) is 23.7. The van der Waals surface area contributed by atoms with Gasteiger partial charge in [-0.3, -0.25) is 4.90 Å². The maximum Gasteiger partial charge on any atom is 0.416 e. The molecular formula is C33H34F4N4O. The molecule has 1 aliphatic heterocycles. The van der Waals surface area contributed by atoms with E-state index in [-0.39, 0.29) is 18.3 Å². The Hall–Kier alpha value is -4.11. The molecule has 220 valence electrons. The van der Waals surface area contributed by atoms with Crippen LogP contribution < -0.4 is 10.2 Å². The highest BCUT2D eigenvalue weighted by molar-refractivity contribution is 5.96. The second kappa shape index (κ2) is 12.4. The molecule has 0 aromatic heterocycles. The molecule has 0 bridgehead atoms. The Morgan fingerprint density at radius 1 is 0.905 bits per heavy atom. The summed E-state index contributed by atoms with van der Waals surface area (Å²) >= 11 is 0. The SMILES string of the molecule is CN(C)c1ccc(CN2CCC(N(Cc3ccccc3)C(=O)Nc3cc(F)cc(C(F)(F)F)c3)CC2)c2ccccc12. The van der Waals surface area contributed by atoms with Crippen molar-refractivity contribution in [2.75, 3.05) is 37.4 Å². The first kappa shape index (κ1) is 29.4. The summed E-state index contributed by atoms with van der Waals surface area (Å²) in [5.74, 6) is -1.06. The molecule has 5 nitrogen and oxygen atoms in total. The number of carbonyl (C=O) groups is 1. The lowest BCUT2D eigenvalue weighted by atomic mass is 9.99. The van der Waals surface area contributed by atoms with Crippen molar-refractivity contribution in [1.29, 1.82) is 0 Å². The van der Waals surface area contributed by atoms with E-state index in [1.165, 1.54) is 16.3 Å². The number of carbonyl (C=O) groups excluding carboxylic acids is 1. The van der Waals surface area contributed by atoms with Crippen LogP contribution in [-0.4, -0.2) is 49.1 Å². The van der Waals surface area contributed by atoms with Crippen LogP contribution in [0.15, 0.2) is 84.9 Å². The third-order valence-electron chi connectivity index (χ3n) is 7.80. The number of urea groups is 1. The summed E-state index contributed by atoms with van der Waals surface area (Å²) in [5, 5.41) is 4.94. The number of alkyl halides is 3. The Kier molecular flexibility index (Phi) is 8.68. The number of hydrogen-bond acceptors (Lipinski definition) is 3. The molecule has 0 aliphatic carbocycles. The summed E-state index contributed by atoms with van der Waals surface area (Å²) in [6.45, 7) is 2.57. The molecule has 5 rings (SSSR count). The molecule has 2 amide bonds. The fourth-order valence-electron chi connectivity index (χ4n) is 5.67. The highest BCUT2D eigenvalue weighted by Gasteiger charge is 2.32. The normalized spacial score (nSPS) is 14.6. The largest absolute Gasteiger partial charge is 0.416 e. The van der Waals surface area contributed by atoms with Crippen LogP contribution in [0.25, 0.3) is 10.8 Å². The zero-order valence-corrected chi connectivity index (χ0v) is 23.7. The summed E-state index contributed by atoms with van der Waals surface area (Å²) in [6.07, 6.45) is -3.33. The van der Waals surface area contributed by atoms with Crippen LogP contribution in [0.1, 0.15) is 29.5 Å². The topological polar surface area (TPSA) is 38.8 Å². The summed E-state index contributed by atoms with van der Waals surface area (Å²) in [5.41, 5.74) is 1.93. The van der Waals surface area contributed by atoms with Gasteiger partial charge in [-0.1, -0.05) is 60.7 Å². The van der Waals surface area contributed by atoms with Gasteiger partial charge in [0.15, 0.2) is 0 Å². The lowest BCUT2D eigenvalue weighted by Gasteiger charge is -2.39. The van der Waals surface area contributed by atoms with E-state index in [4.69, 9.17) is 0 Å². The van der Waals surface area contributed by atoms with E-state index < -0.39 is 23.6 Å². The molecule has 0 radical (unpaired) electrons. The second-order valence-corrected chi connectivity index (χ2v) is 11.0. The number of amides is 2. The van der Waals surface area contributed by atoms with Crippen molar-refractivity contribution in [2.24, 2.45) is 0 Å². The fourth-order valence-corrected chi connectivity index (χ4v) is 5.67. The third-order valence-corrected chi connectivity index (χ3v) is 7.80. The number of anilines is 2. The minimum Gasteiger partial charge on any atom is -0.377 e. The van der Waals surface area contributed by atoms with Crippen LogP contribution in [0.5, 0.6) is 0 Å². The van der Waals surface area contributed by atoms with Crippen molar-refractivity contribution in [2.45, 2.75) is 38.1 Å². The first-order valence-electron chi connectivity index (χ1n) is 14.0. The summed E-state index contributed by atoms with van der Waals surface area (Å²) < 4.78 is 53.8. The van der Waals surface area contributed by atoms with E-state index in [1.807, 2.05) is 56.6 Å². The minimum absolute atomic E-state index is 0.134. The quantitative estimate of drug-likeness (QED) is 0.228. The van der Waals surface area contributed by atoms with Gasteiger partial charge in [-0.25, -0.2) is 9.18 Å². The fraction of sp³-hybridized carbons (Fsp3) is 0.303. The van der Waals surface area contributed by atoms with E-state index >= 15 is 0 Å². The van der Waals surface area contributed by atoms with Gasteiger partial charge >= 0.3 is 12.2 Å². The average molecular weight is 579 g/mol. The molecule has 0 spiro atoms. The van der Waals surface area contributed by atoms with Crippen molar-refractivity contribution in [3.63, 3.8) is 0 Å². The van der Waals surface area contributed by atoms with E-state index in [0.717, 1.165) is 43.0 Å². The second-order valence-electron chi connectivity index (χ2n) is 11.0. The Balaban J connectivity index is 1.31. The van der Waals surface area contributed by atoms with Crippen LogP contribution in [-0.2, 0) is 19.3 Å². The summed E-state index contributed by atoms with van der Waals surface area (Å²) in [4.78, 5) is 19.6. The standard InChI is InChI=1S/C33H34F4N4O/c1-39(2)31-13-12-24(29-10-6-7-11-30(29)31)22-40-16-14-28(15-17-40)41(21-23-8-4-3-5-9-23)32(42)38-27-19-25(33(35,36)37)18-26(34)20-27/h3-13,18-20,28H,14-17,21-22H2,1-2H3,(H,38,42). The number of nitrogens with zero attached hydrogens (tertiary/aromatic N) is 3. The average Bonchev–Trinajstić information content (AvgIpc) is 2.96. The summed E-state index contributed by atoms with van der Waals surface area (Å²) in [6, 6.07) is 23.5. The molecule has 9 heteroatoms. The van der Waals surface area contributed by atoms with Crippen LogP contribution in [0.2, 0.25) is 0 Å². The number of rotatable bonds is 7. The van der Waals surface area contributed by atoms with E-state index in [1.54, 1.807) is 4.90 Å². The lowest BCUT2D eigenvalue weighted by Crippen LogP contribution is -2.48. The number of likely N-dealkylation sites (tertiary alicyclic amines) is 1. The first-order chi connectivity index (χ1) is 20.1. The van der Waals surface area contributed by atoms with E-state index in [0.29, 0.717) is 18.9 Å². The maximum atomic E-state index is 14.0. The van der Waals surface area contributed by atoms with Crippen molar-refractivity contribution < 1.29 is 22.4 Å². The molecule has 42 heavy (non-hydrogen) atoms. The van der Waals surface area contributed by atoms with Crippen molar-refractivity contribution in [1.82, 2.24) is 9.80 Å². The molecule has 4 aromatic carbocycles. The number of nitrogens with one attached hydrogen (secondary N) is 1. The Labute approximate surface area is 243 Å². The van der Waals surface area contributed by atoms with Gasteiger partial charge in [-0.05, 0) is 53.6 Å². The Morgan fingerprint density at radius 3 is 2.24 bits per heavy atom. The Bertz CT molecular complexity index is 1530. The van der Waals surface area contributed by atoms with Gasteiger partial charge in [0.05, 0.1) is 5.56 Å². The van der Waals surface area contributed by atoms with Crippen molar-refractivity contribution in [3.8, 4) is 0 Å². The molecule has 1 N–H and O–H groups in total. The molecule has 1 fully saturated rings. The molecule has 0 unspecified atom stereocenters. The summed E-state index contributed by atoms with van der Waals surface area (Å²) in [7, 11) is 4.07. The van der Waals surface area contributed by atoms with Gasteiger partial charge < -0.3 is 15.1 Å². The molecule has 1 saturated heterocycles. The monoisotopic (exact) mass is 578 g/mol. The molecule has 4 aromatic rings. The smallest absolute Gasteiger partial charge is 0.377 e. The molecule has 1 heterocycles. The van der Waals surface area contributed by atoms with Gasteiger partial charge in [0.25, 0.3) is 0 Å². The number of halogens is 4. The van der Waals surface area contributed by atoms with Crippen molar-refractivity contribution in [3.05, 3.63) is 107 Å². The van der Waals surface area contributed by atoms with Crippen LogP contribution in [0.4, 0.5) is 33.7 Å². The third kappa shape index (κ3) is 6.85.